The summed E-state index contributed by atoms with van der Waals surface area (Å²) in [7, 11) is -15.0. The van der Waals surface area contributed by atoms with E-state index in [0.717, 1.165) is 39.6 Å². The number of aromatic amines is 4. The van der Waals surface area contributed by atoms with Crippen LogP contribution in [0.25, 0.3) is 44.7 Å². The van der Waals surface area contributed by atoms with Gasteiger partial charge in [0.2, 0.25) is 53.3 Å². The highest BCUT2D eigenvalue weighted by molar-refractivity contribution is 7.90. The fraction of sp³-hybridized carbons (Fsp3) is 0.353. The van der Waals surface area contributed by atoms with Gasteiger partial charge in [0.05, 0.1) is 83.1 Å². The van der Waals surface area contributed by atoms with E-state index in [0.29, 0.717) is 59.4 Å². The van der Waals surface area contributed by atoms with Crippen molar-refractivity contribution in [3.63, 3.8) is 0 Å². The molecule has 0 spiro atoms. The Hall–Kier alpha value is -9.68. The van der Waals surface area contributed by atoms with Crippen LogP contribution in [0.3, 0.4) is 0 Å². The van der Waals surface area contributed by atoms with Crippen LogP contribution in [0.15, 0.2) is 140 Å². The Bertz CT molecular complexity index is 5650. The van der Waals surface area contributed by atoms with Crippen molar-refractivity contribution in [3.05, 3.63) is 202 Å². The van der Waals surface area contributed by atoms with E-state index in [1.165, 1.54) is 50.8 Å². The minimum atomic E-state index is -3.27. The average Bonchev–Trinajstić information content (AvgIpc) is 1.67. The molecule has 600 valence electrons. The predicted molar refractivity (Wildman–Crippen MR) is 425 cm³/mol. The Morgan fingerprint density at radius 2 is 0.652 bits per heavy atom. The SMILES string of the molecule is CP(=O)(COCCn1cnc2c(=O)[nH]c(N)nc21)OCc1ccc(S(C)(=O)=O)cc1.Cc1ccc(COP(C)(=O)COCCn2cnc3c(=O)[nH]c(N)nc32)cc1.Cc1ccc(COP(C)(=O)COCCn2cnc3c(=O)[nH]c(N)nc32)cc1.Cc1ccc(COP(C)(=O)COCCn2cnc3c(=O)[nH]c(N)nc32)cc1Cl. The van der Waals surface area contributed by atoms with Gasteiger partial charge in [0.25, 0.3) is 22.2 Å². The molecule has 4 atom stereocenters. The molecule has 0 amide bonds. The van der Waals surface area contributed by atoms with Gasteiger partial charge in [-0.25, -0.2) is 28.4 Å². The third-order valence-electron chi connectivity index (χ3n) is 16.0. The molecule has 44 heteroatoms. The molecule has 0 bridgehead atoms. The molecular formula is C68H87ClN20O18P4S. The largest absolute Gasteiger partial charge is 0.370 e. The van der Waals surface area contributed by atoms with Gasteiger partial charge >= 0.3 is 0 Å². The first-order valence-corrected chi connectivity index (χ1v) is 45.4. The van der Waals surface area contributed by atoms with Gasteiger partial charge in [-0.05, 0) is 66.8 Å². The number of nitrogens with two attached hydrogens (primary N) is 4. The number of hydrogen-bond acceptors (Lipinski definition) is 30. The van der Waals surface area contributed by atoms with Crippen molar-refractivity contribution in [2.75, 3.05) is 108 Å². The summed E-state index contributed by atoms with van der Waals surface area (Å²) in [5.41, 5.74) is 29.7. The maximum Gasteiger partial charge on any atom is 0.280 e. The second kappa shape index (κ2) is 38.7. The van der Waals surface area contributed by atoms with E-state index < -0.39 is 50.4 Å². The van der Waals surface area contributed by atoms with Crippen molar-refractivity contribution in [2.45, 2.75) is 78.3 Å². The maximum atomic E-state index is 12.5. The molecule has 0 saturated carbocycles. The molecule has 112 heavy (non-hydrogen) atoms. The number of imidazole rings is 4. The number of benzene rings is 4. The number of sulfone groups is 1. The van der Waals surface area contributed by atoms with Gasteiger partial charge in [-0.1, -0.05) is 95.5 Å². The molecular weight excluding hydrogens is 1580 g/mol. The summed E-state index contributed by atoms with van der Waals surface area (Å²) in [6.45, 7) is 15.3. The summed E-state index contributed by atoms with van der Waals surface area (Å²) in [6.07, 6.45) is 6.93. The van der Waals surface area contributed by atoms with Crippen LogP contribution in [0.2, 0.25) is 5.02 Å². The number of hydrogen-bond donors (Lipinski definition) is 8. The quantitative estimate of drug-likeness (QED) is 0.0142. The first-order valence-electron chi connectivity index (χ1n) is 34.1. The number of rotatable bonds is 33. The molecule has 0 aliphatic carbocycles. The molecule has 4 unspecified atom stereocenters. The van der Waals surface area contributed by atoms with Gasteiger partial charge in [0.15, 0.2) is 54.5 Å². The number of nitrogen functional groups attached to an aromatic ring is 4. The average molecular weight is 1660 g/mol. The Labute approximate surface area is 645 Å². The molecule has 0 radical (unpaired) electrons. The van der Waals surface area contributed by atoms with E-state index in [-0.39, 0.29) is 140 Å². The Morgan fingerprint density at radius 3 is 0.911 bits per heavy atom. The molecule has 12 rings (SSSR count). The predicted octanol–water partition coefficient (Wildman–Crippen LogP) is 8.18. The molecule has 0 aliphatic rings. The number of aryl methyl sites for hydroxylation is 3. The summed E-state index contributed by atoms with van der Waals surface area (Å²) >= 11 is 6.08. The maximum absolute atomic E-state index is 12.5. The van der Waals surface area contributed by atoms with Crippen LogP contribution in [0.5, 0.6) is 0 Å². The fourth-order valence-corrected chi connectivity index (χ4v) is 14.7. The van der Waals surface area contributed by atoms with Gasteiger partial charge in [0.1, 0.15) is 25.4 Å². The highest BCUT2D eigenvalue weighted by atomic mass is 35.5. The number of halogens is 1. The Balaban J connectivity index is 0.000000172. The van der Waals surface area contributed by atoms with Crippen molar-refractivity contribution in [2.24, 2.45) is 0 Å². The topological polar surface area (TPSA) is 535 Å². The highest BCUT2D eigenvalue weighted by Gasteiger charge is 2.22. The van der Waals surface area contributed by atoms with E-state index >= 15 is 0 Å². The van der Waals surface area contributed by atoms with Crippen molar-refractivity contribution in [3.8, 4) is 0 Å². The summed E-state index contributed by atoms with van der Waals surface area (Å²) in [5, 5.41) is 0.643. The lowest BCUT2D eigenvalue weighted by molar-refractivity contribution is 0.153. The lowest BCUT2D eigenvalue weighted by Gasteiger charge is -2.15. The number of fused-ring (bicyclic) bond motifs is 4. The minimum absolute atomic E-state index is 0.00163. The summed E-state index contributed by atoms with van der Waals surface area (Å²) in [4.78, 5) is 89.1. The first-order chi connectivity index (χ1) is 53.0. The van der Waals surface area contributed by atoms with Crippen LogP contribution >= 0.6 is 41.1 Å². The molecule has 4 aromatic carbocycles. The lowest BCUT2D eigenvalue weighted by Crippen LogP contribution is -2.13. The third kappa shape index (κ3) is 25.9. The summed E-state index contributed by atoms with van der Waals surface area (Å²) in [5.74, 6) is 0.0597. The molecule has 12 N–H and O–H groups in total. The van der Waals surface area contributed by atoms with E-state index in [9.17, 15) is 45.9 Å². The number of aromatic nitrogens is 16. The highest BCUT2D eigenvalue weighted by Crippen LogP contribution is 2.46. The van der Waals surface area contributed by atoms with Gasteiger partial charge in [-0.2, -0.15) is 19.9 Å². The van der Waals surface area contributed by atoms with Gasteiger partial charge < -0.3 is 78.2 Å². The third-order valence-corrected chi connectivity index (χ3v) is 22.9. The second-order valence-electron chi connectivity index (χ2n) is 26.0. The van der Waals surface area contributed by atoms with Crippen LogP contribution in [0.4, 0.5) is 23.8 Å². The Kier molecular flexibility index (Phi) is 29.8. The zero-order valence-electron chi connectivity index (χ0n) is 62.4. The standard InChI is InChI=1S/C17H21ClN5O4P.C17H22N5O6PS.2C17H22N5O4P/c1-11-3-4-12(7-13(11)18)8-27-28(2,25)10-26-6-5-23-9-20-14-15(23)21-17(19)22-16(14)24;1-29(24,28-9-12-3-5-13(6-4-12)30(2,25)26)11-27-8-7-22-10-19-14-15(22)20-17(18)21-16(14)23;2*1-12-3-5-13(6-4-12)9-26-27(2,24)11-25-8-7-22-10-19-14-15(22)20-17(18)21-16(14)23/h3-4,7,9H,5-6,8,10H2,1-2H3,(H3,19,21,22,24);3-6,10H,7-9,11H2,1-2H3,(H3,18,20,21,23);2*3-6,10H,7-9,11H2,1-2H3,(H3,18,20,21,23). The molecule has 38 nitrogen and oxygen atoms in total. The first kappa shape index (κ1) is 86.3. The minimum Gasteiger partial charge on any atom is -0.370 e. The number of nitrogens with one attached hydrogen (secondary N) is 4. The smallest absolute Gasteiger partial charge is 0.280 e. The number of ether oxygens (including phenoxy) is 4. The van der Waals surface area contributed by atoms with Crippen LogP contribution in [0.1, 0.15) is 38.9 Å². The molecule has 8 heterocycles. The fourth-order valence-electron chi connectivity index (χ4n) is 10.0. The van der Waals surface area contributed by atoms with Crippen LogP contribution in [0, 0.1) is 20.8 Å². The summed E-state index contributed by atoms with van der Waals surface area (Å²) in [6, 6.07) is 27.5. The van der Waals surface area contributed by atoms with E-state index in [1.807, 2.05) is 81.4 Å². The zero-order chi connectivity index (χ0) is 81.1. The van der Waals surface area contributed by atoms with E-state index in [2.05, 4.69) is 59.8 Å². The van der Waals surface area contributed by atoms with Crippen LogP contribution in [-0.2, 0) is 118 Å². The van der Waals surface area contributed by atoms with Crippen molar-refractivity contribution in [1.82, 2.24) is 78.1 Å². The lowest BCUT2D eigenvalue weighted by atomic mass is 10.2. The molecule has 8 aromatic heterocycles. The van der Waals surface area contributed by atoms with E-state index in [1.54, 1.807) is 49.8 Å². The molecule has 0 aliphatic heterocycles. The monoisotopic (exact) mass is 1660 g/mol. The van der Waals surface area contributed by atoms with E-state index in [4.69, 9.17) is 71.6 Å². The number of H-pyrrole nitrogens is 4. The normalized spacial score (nSPS) is 13.8. The van der Waals surface area contributed by atoms with Crippen LogP contribution < -0.4 is 45.2 Å². The molecule has 12 aromatic rings. The van der Waals surface area contributed by atoms with Crippen molar-refractivity contribution >= 4 is 119 Å². The number of nitrogens with zero attached hydrogens (tertiary/aromatic N) is 12. The van der Waals surface area contributed by atoms with Gasteiger partial charge in [-0.3, -0.25) is 57.4 Å². The van der Waals surface area contributed by atoms with Crippen LogP contribution in [-0.4, -0.2) is 171 Å². The molecule has 0 fully saturated rings. The van der Waals surface area contributed by atoms with Gasteiger partial charge in [-0.15, -0.1) is 0 Å². The van der Waals surface area contributed by atoms with Crippen molar-refractivity contribution in [1.29, 1.82) is 0 Å². The molecule has 0 saturated heterocycles. The summed E-state index contributed by atoms with van der Waals surface area (Å²) < 4.78 is 124. The second-order valence-corrected chi connectivity index (χ2v) is 38.6. The van der Waals surface area contributed by atoms with Gasteiger partial charge in [0, 0.05) is 64.1 Å². The Morgan fingerprint density at radius 1 is 0.402 bits per heavy atom. The zero-order valence-corrected chi connectivity index (χ0v) is 67.5. The van der Waals surface area contributed by atoms with Crippen molar-refractivity contribution < 1.29 is 63.7 Å². The number of anilines is 4.